The highest BCUT2D eigenvalue weighted by atomic mass is 19.4. The number of aliphatic carboxylic acids is 1. The Labute approximate surface area is 239 Å². The highest BCUT2D eigenvalue weighted by Gasteiger charge is 2.72. The SMILES string of the molecule is CCN1C(=O)C2C(c3ccc(-c4ccc(F)cc4)c(OC)c3)N3CCCC[C@@]3(C(=O)OC)C2C1=O.O=C(O)C(F)(F)F. The van der Waals surface area contributed by atoms with Crippen molar-refractivity contribution in [2.75, 3.05) is 27.3 Å². The first kappa shape index (κ1) is 30.9. The summed E-state index contributed by atoms with van der Waals surface area (Å²) in [5.41, 5.74) is 1.22. The van der Waals surface area contributed by atoms with E-state index in [2.05, 4.69) is 0 Å². The molecule has 3 aliphatic rings. The number of carboxylic acid groups (broad SMARTS) is 1. The monoisotopic (exact) mass is 594 g/mol. The van der Waals surface area contributed by atoms with Gasteiger partial charge in [-0.3, -0.25) is 24.2 Å². The fourth-order valence-electron chi connectivity index (χ4n) is 6.49. The highest BCUT2D eigenvalue weighted by Crippen LogP contribution is 2.58. The van der Waals surface area contributed by atoms with Gasteiger partial charge < -0.3 is 14.6 Å². The van der Waals surface area contributed by atoms with Crippen LogP contribution in [-0.2, 0) is 23.9 Å². The van der Waals surface area contributed by atoms with Crippen LogP contribution >= 0.6 is 0 Å². The van der Waals surface area contributed by atoms with Gasteiger partial charge in [-0.25, -0.2) is 9.18 Å². The van der Waals surface area contributed by atoms with Gasteiger partial charge >= 0.3 is 18.1 Å². The number of methoxy groups -OCH3 is 2. The van der Waals surface area contributed by atoms with Crippen molar-refractivity contribution in [1.29, 1.82) is 0 Å². The van der Waals surface area contributed by atoms with Gasteiger partial charge in [-0.1, -0.05) is 24.3 Å². The summed E-state index contributed by atoms with van der Waals surface area (Å²) < 4.78 is 56.1. The standard InChI is InChI=1S/C27H29FN2O5.C2HF3O2/c1-4-29-24(31)21-22(25(29)32)27(26(33)35-3)13-5-6-14-30(27)23(21)17-9-12-19(20(15-17)34-2)16-7-10-18(28)11-8-16;3-2(4,5)1(6)7/h7-12,15,21-23H,4-6,13-14H2,1-3H3;(H,6,7)/t21?,22?,23?,27-;/m0./s1. The van der Waals surface area contributed by atoms with Gasteiger partial charge in [0.25, 0.3) is 0 Å². The van der Waals surface area contributed by atoms with E-state index < -0.39 is 41.5 Å². The Balaban J connectivity index is 0.000000517. The molecule has 1 N–H and O–H groups in total. The topological polar surface area (TPSA) is 113 Å². The number of carbonyl (C=O) groups is 4. The number of likely N-dealkylation sites (tertiary alicyclic amines) is 1. The molecule has 4 atom stereocenters. The number of alkyl halides is 3. The molecule has 0 saturated carbocycles. The van der Waals surface area contributed by atoms with Gasteiger partial charge in [0, 0.05) is 18.2 Å². The number of ether oxygens (including phenoxy) is 2. The molecule has 0 spiro atoms. The van der Waals surface area contributed by atoms with Crippen molar-refractivity contribution in [2.24, 2.45) is 11.8 Å². The minimum absolute atomic E-state index is 0.244. The van der Waals surface area contributed by atoms with Crippen molar-refractivity contribution in [3.63, 3.8) is 0 Å². The fraction of sp³-hybridized carbons (Fsp3) is 0.448. The second-order valence-corrected chi connectivity index (χ2v) is 10.2. The molecule has 226 valence electrons. The molecular formula is C29H30F4N2O7. The lowest BCUT2D eigenvalue weighted by molar-refractivity contribution is -0.192. The average molecular weight is 595 g/mol. The number of fused-ring (bicyclic) bond motifs is 3. The minimum Gasteiger partial charge on any atom is -0.496 e. The summed E-state index contributed by atoms with van der Waals surface area (Å²) in [4.78, 5) is 52.6. The molecule has 3 unspecified atom stereocenters. The van der Waals surface area contributed by atoms with Crippen molar-refractivity contribution >= 4 is 23.8 Å². The van der Waals surface area contributed by atoms with E-state index in [0.717, 1.165) is 29.5 Å². The number of rotatable bonds is 5. The Morgan fingerprint density at radius 2 is 1.69 bits per heavy atom. The van der Waals surface area contributed by atoms with E-state index in [4.69, 9.17) is 19.4 Å². The Kier molecular flexibility index (Phi) is 8.63. The molecule has 3 aliphatic heterocycles. The van der Waals surface area contributed by atoms with Crippen LogP contribution in [0.1, 0.15) is 37.8 Å². The summed E-state index contributed by atoms with van der Waals surface area (Å²) in [5.74, 6) is -4.96. The van der Waals surface area contributed by atoms with Gasteiger partial charge in [-0.15, -0.1) is 0 Å². The van der Waals surface area contributed by atoms with Crippen LogP contribution < -0.4 is 4.74 Å². The van der Waals surface area contributed by atoms with Crippen LogP contribution in [-0.4, -0.2) is 77.7 Å². The summed E-state index contributed by atoms with van der Waals surface area (Å²) in [6.45, 7) is 2.62. The first-order chi connectivity index (χ1) is 19.8. The normalized spacial score (nSPS) is 25.3. The zero-order valence-corrected chi connectivity index (χ0v) is 23.1. The number of carboxylic acids is 1. The van der Waals surface area contributed by atoms with Gasteiger partial charge in [0.2, 0.25) is 11.8 Å². The molecule has 0 bridgehead atoms. The first-order valence-electron chi connectivity index (χ1n) is 13.3. The number of hydrogen-bond donors (Lipinski definition) is 1. The Morgan fingerprint density at radius 3 is 2.24 bits per heavy atom. The molecule has 3 heterocycles. The molecule has 5 rings (SSSR count). The number of nitrogens with zero attached hydrogens (tertiary/aromatic N) is 2. The van der Waals surface area contributed by atoms with Crippen molar-refractivity contribution in [3.8, 4) is 16.9 Å². The highest BCUT2D eigenvalue weighted by molar-refractivity contribution is 6.09. The molecule has 2 amide bonds. The predicted molar refractivity (Wildman–Crippen MR) is 139 cm³/mol. The summed E-state index contributed by atoms with van der Waals surface area (Å²) in [7, 11) is 2.90. The third-order valence-corrected chi connectivity index (χ3v) is 8.17. The molecule has 0 aliphatic carbocycles. The maximum Gasteiger partial charge on any atom is 0.490 e. The van der Waals surface area contributed by atoms with E-state index in [1.807, 2.05) is 23.1 Å². The lowest BCUT2D eigenvalue weighted by Gasteiger charge is -2.44. The van der Waals surface area contributed by atoms with Crippen LogP contribution in [0.3, 0.4) is 0 Å². The zero-order chi connectivity index (χ0) is 31.0. The molecule has 42 heavy (non-hydrogen) atoms. The zero-order valence-electron chi connectivity index (χ0n) is 23.1. The molecule has 9 nitrogen and oxygen atoms in total. The van der Waals surface area contributed by atoms with Crippen LogP contribution in [0.25, 0.3) is 11.1 Å². The second-order valence-electron chi connectivity index (χ2n) is 10.2. The molecule has 2 aromatic carbocycles. The summed E-state index contributed by atoms with van der Waals surface area (Å²) >= 11 is 0. The van der Waals surface area contributed by atoms with E-state index in [1.54, 1.807) is 26.2 Å². The van der Waals surface area contributed by atoms with Crippen LogP contribution in [0.4, 0.5) is 17.6 Å². The number of piperidine rings is 1. The van der Waals surface area contributed by atoms with Gasteiger partial charge in [0.1, 0.15) is 17.1 Å². The maximum atomic E-state index is 13.5. The molecular weight excluding hydrogens is 564 g/mol. The van der Waals surface area contributed by atoms with Gasteiger partial charge in [0.05, 0.1) is 26.1 Å². The second kappa shape index (κ2) is 11.7. The number of imide groups is 1. The van der Waals surface area contributed by atoms with Crippen molar-refractivity contribution in [1.82, 2.24) is 9.80 Å². The minimum atomic E-state index is -5.08. The van der Waals surface area contributed by atoms with Crippen LogP contribution in [0.5, 0.6) is 5.75 Å². The maximum absolute atomic E-state index is 13.5. The van der Waals surface area contributed by atoms with Crippen LogP contribution in [0.2, 0.25) is 0 Å². The molecule has 2 aromatic rings. The number of esters is 1. The fourth-order valence-corrected chi connectivity index (χ4v) is 6.49. The van der Waals surface area contributed by atoms with Crippen LogP contribution in [0, 0.1) is 17.7 Å². The number of amides is 2. The van der Waals surface area contributed by atoms with E-state index in [1.165, 1.54) is 24.1 Å². The lowest BCUT2D eigenvalue weighted by Crippen LogP contribution is -2.59. The molecule has 0 aromatic heterocycles. The van der Waals surface area contributed by atoms with Gasteiger partial charge in [-0.05, 0) is 62.1 Å². The summed E-state index contributed by atoms with van der Waals surface area (Å²) in [6.07, 6.45) is -2.97. The first-order valence-corrected chi connectivity index (χ1v) is 13.3. The van der Waals surface area contributed by atoms with E-state index in [0.29, 0.717) is 18.7 Å². The third-order valence-electron chi connectivity index (χ3n) is 8.17. The number of hydrogen-bond acceptors (Lipinski definition) is 7. The largest absolute Gasteiger partial charge is 0.496 e. The smallest absolute Gasteiger partial charge is 0.490 e. The van der Waals surface area contributed by atoms with Crippen molar-refractivity contribution in [2.45, 2.75) is 43.9 Å². The van der Waals surface area contributed by atoms with E-state index in [-0.39, 0.29) is 24.2 Å². The Bertz CT molecular complexity index is 1380. The average Bonchev–Trinajstić information content (AvgIpc) is 3.42. The summed E-state index contributed by atoms with van der Waals surface area (Å²) in [5, 5.41) is 7.12. The Hall–Kier alpha value is -4.00. The molecule has 0 radical (unpaired) electrons. The lowest BCUT2D eigenvalue weighted by atomic mass is 9.75. The van der Waals surface area contributed by atoms with Gasteiger partial charge in [0.15, 0.2) is 0 Å². The number of carbonyl (C=O) groups excluding carboxylic acids is 3. The Morgan fingerprint density at radius 1 is 1.05 bits per heavy atom. The van der Waals surface area contributed by atoms with Crippen LogP contribution in [0.15, 0.2) is 42.5 Å². The quantitative estimate of drug-likeness (QED) is 0.311. The number of halogens is 4. The third kappa shape index (κ3) is 5.10. The predicted octanol–water partition coefficient (Wildman–Crippen LogP) is 4.21. The number of benzene rings is 2. The van der Waals surface area contributed by atoms with Crippen molar-refractivity contribution in [3.05, 3.63) is 53.8 Å². The molecule has 13 heteroatoms. The van der Waals surface area contributed by atoms with E-state index in [9.17, 15) is 31.9 Å². The molecule has 3 saturated heterocycles. The van der Waals surface area contributed by atoms with Crippen molar-refractivity contribution < 1.29 is 51.3 Å². The molecule has 3 fully saturated rings. The van der Waals surface area contributed by atoms with E-state index >= 15 is 0 Å². The summed E-state index contributed by atoms with van der Waals surface area (Å²) in [6, 6.07) is 11.4. The van der Waals surface area contributed by atoms with Gasteiger partial charge in [-0.2, -0.15) is 13.2 Å².